The van der Waals surface area contributed by atoms with Crippen LogP contribution >= 0.6 is 0 Å². The van der Waals surface area contributed by atoms with Gasteiger partial charge in [-0.15, -0.1) is 0 Å². The summed E-state index contributed by atoms with van der Waals surface area (Å²) in [6, 6.07) is 7.66. The molecule has 2 fully saturated rings. The Morgan fingerprint density at radius 1 is 1.09 bits per heavy atom. The maximum atomic E-state index is 15.2. The highest BCUT2D eigenvalue weighted by Crippen LogP contribution is 2.33. The Kier molecular flexibility index (Phi) is 6.03. The van der Waals surface area contributed by atoms with Gasteiger partial charge < -0.3 is 15.2 Å². The lowest BCUT2D eigenvalue weighted by molar-refractivity contribution is 0.0958. The highest BCUT2D eigenvalue weighted by Gasteiger charge is 2.33. The summed E-state index contributed by atoms with van der Waals surface area (Å²) in [5.41, 5.74) is 1.27. The van der Waals surface area contributed by atoms with Crippen LogP contribution in [0, 0.1) is 11.6 Å². The first-order valence-corrected chi connectivity index (χ1v) is 11.6. The number of halogens is 2. The Balaban J connectivity index is 1.23. The molecule has 34 heavy (non-hydrogen) atoms. The average molecular weight is 468 g/mol. The first-order valence-electron chi connectivity index (χ1n) is 11.6. The summed E-state index contributed by atoms with van der Waals surface area (Å²) in [6.07, 6.45) is 4.45. The molecule has 0 saturated carbocycles. The largest absolute Gasteiger partial charge is 0.370 e. The number of nitrogens with one attached hydrogen (secondary N) is 2. The average Bonchev–Trinajstić information content (AvgIpc) is 3.36. The van der Waals surface area contributed by atoms with Crippen LogP contribution in [0.2, 0.25) is 0 Å². The second-order valence-electron chi connectivity index (χ2n) is 9.05. The summed E-state index contributed by atoms with van der Waals surface area (Å²) in [7, 11) is 1.58. The van der Waals surface area contributed by atoms with Crippen molar-refractivity contribution in [1.29, 1.82) is 0 Å². The molecular weight excluding hydrogens is 440 g/mol. The molecule has 7 nitrogen and oxygen atoms in total. The lowest BCUT2D eigenvalue weighted by atomic mass is 10.00. The number of carbonyl (C=O) groups excluding carboxylic acids is 1. The number of benzene rings is 1. The Hall–Kier alpha value is -3.33. The van der Waals surface area contributed by atoms with E-state index in [2.05, 4.69) is 25.1 Å². The van der Waals surface area contributed by atoms with Crippen molar-refractivity contribution in [3.63, 3.8) is 0 Å². The van der Waals surface area contributed by atoms with Crippen molar-refractivity contribution in [3.8, 4) is 0 Å². The molecule has 2 N–H and O–H groups in total. The zero-order valence-corrected chi connectivity index (χ0v) is 19.0. The van der Waals surface area contributed by atoms with E-state index in [-0.39, 0.29) is 22.6 Å². The smallest absolute Gasteiger partial charge is 0.269 e. The van der Waals surface area contributed by atoms with Crippen LogP contribution in [-0.2, 0) is 0 Å². The van der Waals surface area contributed by atoms with Gasteiger partial charge >= 0.3 is 0 Å². The van der Waals surface area contributed by atoms with Crippen LogP contribution in [0.3, 0.4) is 0 Å². The third-order valence-corrected chi connectivity index (χ3v) is 7.13. The number of piperidine rings is 1. The summed E-state index contributed by atoms with van der Waals surface area (Å²) in [5.74, 6) is -1.31. The molecule has 1 amide bonds. The van der Waals surface area contributed by atoms with Crippen LogP contribution in [0.5, 0.6) is 0 Å². The molecule has 0 aliphatic carbocycles. The van der Waals surface area contributed by atoms with E-state index in [4.69, 9.17) is 0 Å². The fourth-order valence-corrected chi connectivity index (χ4v) is 5.25. The fraction of sp³-hybridized carbons (Fsp3) is 0.400. The van der Waals surface area contributed by atoms with E-state index in [1.807, 2.05) is 6.07 Å². The van der Waals surface area contributed by atoms with Gasteiger partial charge in [0.15, 0.2) is 5.82 Å². The molecule has 4 heterocycles. The zero-order valence-electron chi connectivity index (χ0n) is 19.0. The molecule has 3 aromatic rings. The molecule has 2 aliphatic rings. The Morgan fingerprint density at radius 3 is 2.59 bits per heavy atom. The van der Waals surface area contributed by atoms with Gasteiger partial charge in [0, 0.05) is 44.0 Å². The molecule has 1 aromatic carbocycles. The van der Waals surface area contributed by atoms with Gasteiger partial charge in [-0.3, -0.25) is 14.5 Å². The number of rotatable bonds is 4. The molecule has 0 spiro atoms. The number of H-pyrrole nitrogens is 1. The summed E-state index contributed by atoms with van der Waals surface area (Å²) in [5, 5.41) is 2.78. The molecule has 0 bridgehead atoms. The molecule has 2 saturated heterocycles. The third-order valence-electron chi connectivity index (χ3n) is 7.13. The SMILES string of the molecule is CNC(=O)c1ccc(N2CCC(N3CCC(c4[nH]c(=O)c5cc(F)ccc5c4F)C3)CC2)cn1. The Labute approximate surface area is 195 Å². The van der Waals surface area contributed by atoms with Crippen LogP contribution in [0.25, 0.3) is 10.8 Å². The van der Waals surface area contributed by atoms with E-state index in [1.165, 1.54) is 12.1 Å². The van der Waals surface area contributed by atoms with Crippen molar-refractivity contribution in [2.75, 3.05) is 38.1 Å². The van der Waals surface area contributed by atoms with Crippen LogP contribution in [0.1, 0.15) is 41.4 Å². The topological polar surface area (TPSA) is 81.3 Å². The molecular formula is C25H27F2N5O2. The number of aromatic amines is 1. The number of pyridine rings is 2. The third kappa shape index (κ3) is 4.16. The molecule has 1 unspecified atom stereocenters. The molecule has 0 radical (unpaired) electrons. The summed E-state index contributed by atoms with van der Waals surface area (Å²) in [6.45, 7) is 3.28. The monoisotopic (exact) mass is 467 g/mol. The predicted octanol–water partition coefficient (Wildman–Crippen LogP) is 3.02. The maximum Gasteiger partial charge on any atom is 0.269 e. The van der Waals surface area contributed by atoms with Crippen molar-refractivity contribution in [1.82, 2.24) is 20.2 Å². The van der Waals surface area contributed by atoms with Gasteiger partial charge in [0.1, 0.15) is 11.5 Å². The minimum Gasteiger partial charge on any atom is -0.370 e. The van der Waals surface area contributed by atoms with E-state index in [9.17, 15) is 14.0 Å². The van der Waals surface area contributed by atoms with Crippen LogP contribution in [0.15, 0.2) is 41.3 Å². The van der Waals surface area contributed by atoms with Gasteiger partial charge in [-0.1, -0.05) is 0 Å². The van der Waals surface area contributed by atoms with Gasteiger partial charge in [0.05, 0.1) is 23.0 Å². The first-order chi connectivity index (χ1) is 16.4. The highest BCUT2D eigenvalue weighted by atomic mass is 19.1. The first kappa shape index (κ1) is 22.5. The highest BCUT2D eigenvalue weighted by molar-refractivity contribution is 5.92. The van der Waals surface area contributed by atoms with Gasteiger partial charge in [-0.05, 0) is 56.1 Å². The summed E-state index contributed by atoms with van der Waals surface area (Å²) < 4.78 is 28.7. The number of amides is 1. The van der Waals surface area contributed by atoms with Crippen molar-refractivity contribution in [2.24, 2.45) is 0 Å². The summed E-state index contributed by atoms with van der Waals surface area (Å²) >= 11 is 0. The standard InChI is InChI=1S/C25H27F2N5O2/c1-28-25(34)21-5-3-18(13-29-21)31-10-7-17(8-11-31)32-9-6-15(14-32)23-22(27)19-4-2-16(26)12-20(19)24(33)30-23/h2-5,12-13,15,17H,6-11,14H2,1H3,(H,28,34)(H,30,33). The predicted molar refractivity (Wildman–Crippen MR) is 126 cm³/mol. The van der Waals surface area contributed by atoms with Crippen molar-refractivity contribution in [3.05, 3.63) is 69.9 Å². The quantitative estimate of drug-likeness (QED) is 0.617. The van der Waals surface area contributed by atoms with E-state index < -0.39 is 17.2 Å². The second-order valence-corrected chi connectivity index (χ2v) is 9.05. The maximum absolute atomic E-state index is 15.2. The number of nitrogens with zero attached hydrogens (tertiary/aromatic N) is 3. The normalized spacial score (nSPS) is 19.6. The van der Waals surface area contributed by atoms with E-state index in [0.717, 1.165) is 50.7 Å². The van der Waals surface area contributed by atoms with Gasteiger partial charge in [0.2, 0.25) is 0 Å². The number of anilines is 1. The lowest BCUT2D eigenvalue weighted by Crippen LogP contribution is -2.44. The molecule has 2 aliphatic heterocycles. The lowest BCUT2D eigenvalue weighted by Gasteiger charge is -2.37. The Bertz CT molecular complexity index is 1270. The molecule has 9 heteroatoms. The van der Waals surface area contributed by atoms with Crippen molar-refractivity contribution < 1.29 is 13.6 Å². The Morgan fingerprint density at radius 2 is 1.88 bits per heavy atom. The molecule has 178 valence electrons. The van der Waals surface area contributed by atoms with Crippen LogP contribution < -0.4 is 15.8 Å². The molecule has 1 atom stereocenters. The van der Waals surface area contributed by atoms with Crippen molar-refractivity contribution in [2.45, 2.75) is 31.2 Å². The van der Waals surface area contributed by atoms with E-state index >= 15 is 4.39 Å². The fourth-order valence-electron chi connectivity index (χ4n) is 5.25. The van der Waals surface area contributed by atoms with Crippen LogP contribution in [0.4, 0.5) is 14.5 Å². The minimum absolute atomic E-state index is 0.0429. The number of likely N-dealkylation sites (tertiary alicyclic amines) is 1. The number of hydrogen-bond acceptors (Lipinski definition) is 5. The van der Waals surface area contributed by atoms with Crippen molar-refractivity contribution >= 4 is 22.4 Å². The minimum atomic E-state index is -0.554. The number of hydrogen-bond donors (Lipinski definition) is 2. The van der Waals surface area contributed by atoms with E-state index in [1.54, 1.807) is 19.3 Å². The number of aromatic nitrogens is 2. The van der Waals surface area contributed by atoms with Crippen LogP contribution in [-0.4, -0.2) is 60.0 Å². The molecule has 5 rings (SSSR count). The second kappa shape index (κ2) is 9.13. The van der Waals surface area contributed by atoms with E-state index in [0.29, 0.717) is 24.0 Å². The zero-order chi connectivity index (χ0) is 23.8. The van der Waals surface area contributed by atoms with Gasteiger partial charge in [0.25, 0.3) is 11.5 Å². The molecule has 2 aromatic heterocycles. The number of carbonyl (C=O) groups is 1. The van der Waals surface area contributed by atoms with Gasteiger partial charge in [-0.2, -0.15) is 0 Å². The summed E-state index contributed by atoms with van der Waals surface area (Å²) in [4.78, 5) is 35.7. The van der Waals surface area contributed by atoms with Gasteiger partial charge in [-0.25, -0.2) is 13.8 Å². The number of fused-ring (bicyclic) bond motifs is 1.